The Morgan fingerprint density at radius 2 is 1.91 bits per heavy atom. The Bertz CT molecular complexity index is 1400. The second-order valence-corrected chi connectivity index (χ2v) is 8.74. The molecule has 0 saturated carbocycles. The second kappa shape index (κ2) is 9.97. The number of carbonyl (C=O) groups excluding carboxylic acids is 2. The van der Waals surface area contributed by atoms with Crippen molar-refractivity contribution < 1.29 is 18.7 Å². The van der Waals surface area contributed by atoms with Crippen LogP contribution >= 0.6 is 23.1 Å². The molecule has 10 heteroatoms. The van der Waals surface area contributed by atoms with Crippen molar-refractivity contribution in [2.45, 2.75) is 11.7 Å². The van der Waals surface area contributed by atoms with Gasteiger partial charge in [0, 0.05) is 5.56 Å². The summed E-state index contributed by atoms with van der Waals surface area (Å²) in [5.74, 6) is -1.46. The summed E-state index contributed by atoms with van der Waals surface area (Å²) in [7, 11) is 1.26. The van der Waals surface area contributed by atoms with Gasteiger partial charge in [0.05, 0.1) is 36.2 Å². The largest absolute Gasteiger partial charge is 0.465 e. The number of thioether (sulfide) groups is 1. The Morgan fingerprint density at radius 3 is 2.70 bits per heavy atom. The van der Waals surface area contributed by atoms with E-state index < -0.39 is 17.7 Å². The van der Waals surface area contributed by atoms with Crippen LogP contribution in [-0.2, 0) is 16.1 Å². The molecule has 2 aromatic heterocycles. The van der Waals surface area contributed by atoms with E-state index in [0.29, 0.717) is 26.6 Å². The highest BCUT2D eigenvalue weighted by Gasteiger charge is 2.17. The number of benzene rings is 2. The number of rotatable bonds is 7. The summed E-state index contributed by atoms with van der Waals surface area (Å²) in [4.78, 5) is 42.1. The van der Waals surface area contributed by atoms with Crippen LogP contribution in [0.2, 0.25) is 0 Å². The van der Waals surface area contributed by atoms with Crippen LogP contribution in [0, 0.1) is 5.82 Å². The van der Waals surface area contributed by atoms with E-state index in [2.05, 4.69) is 10.3 Å². The third kappa shape index (κ3) is 4.96. The Labute approximate surface area is 196 Å². The number of thiophene rings is 1. The zero-order valence-corrected chi connectivity index (χ0v) is 19.0. The van der Waals surface area contributed by atoms with Gasteiger partial charge in [0.25, 0.3) is 5.56 Å². The molecule has 168 valence electrons. The number of hydrogen-bond acceptors (Lipinski definition) is 7. The summed E-state index contributed by atoms with van der Waals surface area (Å²) in [5, 5.41) is 4.75. The quantitative estimate of drug-likeness (QED) is 0.241. The number of para-hydroxylation sites is 1. The number of fused-ring (bicyclic) bond motifs is 1. The van der Waals surface area contributed by atoms with Gasteiger partial charge in [-0.05, 0) is 29.6 Å². The number of methoxy groups -OCH3 is 1. The molecule has 0 aliphatic heterocycles. The Morgan fingerprint density at radius 1 is 1.15 bits per heavy atom. The lowest BCUT2D eigenvalue weighted by Crippen LogP contribution is -2.24. The molecule has 0 bridgehead atoms. The molecule has 0 aliphatic rings. The van der Waals surface area contributed by atoms with Gasteiger partial charge in [0.2, 0.25) is 5.91 Å². The number of halogens is 1. The first-order chi connectivity index (χ1) is 16.0. The molecule has 0 unspecified atom stereocenters. The van der Waals surface area contributed by atoms with Crippen LogP contribution in [0.5, 0.6) is 0 Å². The first-order valence-electron chi connectivity index (χ1n) is 9.79. The van der Waals surface area contributed by atoms with Crippen LogP contribution in [0.4, 0.5) is 10.1 Å². The summed E-state index contributed by atoms with van der Waals surface area (Å²) >= 11 is 2.32. The summed E-state index contributed by atoms with van der Waals surface area (Å²) < 4.78 is 20.8. The van der Waals surface area contributed by atoms with Crippen LogP contribution < -0.4 is 10.9 Å². The maximum Gasteiger partial charge on any atom is 0.339 e. The van der Waals surface area contributed by atoms with Crippen LogP contribution in [0.3, 0.4) is 0 Å². The zero-order chi connectivity index (χ0) is 23.4. The second-order valence-electron chi connectivity index (χ2n) is 6.89. The monoisotopic (exact) mass is 483 g/mol. The fraction of sp³-hybridized carbons (Fsp3) is 0.130. The normalized spacial score (nSPS) is 10.8. The van der Waals surface area contributed by atoms with Crippen LogP contribution in [0.1, 0.15) is 15.9 Å². The number of nitrogens with one attached hydrogen (secondary N) is 1. The highest BCUT2D eigenvalue weighted by atomic mass is 32.2. The average Bonchev–Trinajstić information content (AvgIpc) is 3.30. The third-order valence-electron chi connectivity index (χ3n) is 4.76. The molecule has 0 spiro atoms. The first-order valence-corrected chi connectivity index (χ1v) is 11.7. The van der Waals surface area contributed by atoms with E-state index in [9.17, 15) is 18.8 Å². The SMILES string of the molecule is COC(=O)c1ccccc1NC(=O)CSc1nc2ccsc2c(=O)n1Cc1ccccc1F. The Kier molecular flexibility index (Phi) is 6.85. The Balaban J connectivity index is 1.59. The summed E-state index contributed by atoms with van der Waals surface area (Å²) in [5.41, 5.74) is 1.12. The lowest BCUT2D eigenvalue weighted by molar-refractivity contribution is -0.113. The van der Waals surface area contributed by atoms with Crippen molar-refractivity contribution in [2.24, 2.45) is 0 Å². The molecule has 0 fully saturated rings. The van der Waals surface area contributed by atoms with E-state index in [0.717, 1.165) is 11.8 Å². The molecule has 33 heavy (non-hydrogen) atoms. The average molecular weight is 484 g/mol. The molecule has 1 amide bonds. The van der Waals surface area contributed by atoms with Crippen molar-refractivity contribution in [1.29, 1.82) is 0 Å². The van der Waals surface area contributed by atoms with Crippen LogP contribution in [0.25, 0.3) is 10.2 Å². The lowest BCUT2D eigenvalue weighted by Gasteiger charge is -2.13. The van der Waals surface area contributed by atoms with E-state index in [4.69, 9.17) is 4.74 Å². The number of esters is 1. The Hall–Kier alpha value is -3.50. The van der Waals surface area contributed by atoms with Gasteiger partial charge in [-0.15, -0.1) is 11.3 Å². The van der Waals surface area contributed by atoms with Crippen molar-refractivity contribution in [3.05, 3.63) is 87.3 Å². The molecule has 0 atom stereocenters. The van der Waals surface area contributed by atoms with E-state index >= 15 is 0 Å². The van der Waals surface area contributed by atoms with Gasteiger partial charge < -0.3 is 10.1 Å². The fourth-order valence-corrected chi connectivity index (χ4v) is 4.74. The predicted molar refractivity (Wildman–Crippen MR) is 127 cm³/mol. The smallest absolute Gasteiger partial charge is 0.339 e. The van der Waals surface area contributed by atoms with E-state index in [1.807, 2.05) is 0 Å². The maximum absolute atomic E-state index is 14.2. The van der Waals surface area contributed by atoms with Crippen molar-refractivity contribution in [3.63, 3.8) is 0 Å². The molecule has 4 aromatic rings. The van der Waals surface area contributed by atoms with E-state index in [1.54, 1.807) is 53.9 Å². The van der Waals surface area contributed by atoms with Crippen molar-refractivity contribution >= 4 is 50.9 Å². The minimum atomic E-state index is -0.568. The number of carbonyl (C=O) groups is 2. The van der Waals surface area contributed by atoms with Gasteiger partial charge in [-0.3, -0.25) is 14.2 Å². The van der Waals surface area contributed by atoms with Crippen LogP contribution in [-0.4, -0.2) is 34.3 Å². The molecule has 0 radical (unpaired) electrons. The highest BCUT2D eigenvalue weighted by Crippen LogP contribution is 2.23. The highest BCUT2D eigenvalue weighted by molar-refractivity contribution is 7.99. The minimum Gasteiger partial charge on any atom is -0.465 e. The third-order valence-corrected chi connectivity index (χ3v) is 6.62. The van der Waals surface area contributed by atoms with Crippen molar-refractivity contribution in [3.8, 4) is 0 Å². The number of aromatic nitrogens is 2. The molecule has 0 saturated heterocycles. The lowest BCUT2D eigenvalue weighted by atomic mass is 10.2. The summed E-state index contributed by atoms with van der Waals surface area (Å²) in [6, 6.07) is 14.4. The number of amides is 1. The number of hydrogen-bond donors (Lipinski definition) is 1. The molecule has 1 N–H and O–H groups in total. The van der Waals surface area contributed by atoms with E-state index in [1.165, 1.54) is 29.1 Å². The van der Waals surface area contributed by atoms with Gasteiger partial charge in [-0.2, -0.15) is 0 Å². The van der Waals surface area contributed by atoms with Gasteiger partial charge in [0.1, 0.15) is 10.5 Å². The maximum atomic E-state index is 14.2. The van der Waals surface area contributed by atoms with Crippen LogP contribution in [0.15, 0.2) is 69.9 Å². The van der Waals surface area contributed by atoms with Crippen molar-refractivity contribution in [2.75, 3.05) is 18.2 Å². The number of ether oxygens (including phenoxy) is 1. The standard InChI is InChI=1S/C23H18FN3O4S2/c1-31-22(30)15-7-3-5-9-17(15)25-19(28)13-33-23-26-18-10-11-32-20(18)21(29)27(23)12-14-6-2-4-8-16(14)24/h2-11H,12-13H2,1H3,(H,25,28). The summed E-state index contributed by atoms with van der Waals surface area (Å²) in [6.07, 6.45) is 0. The minimum absolute atomic E-state index is 0.0124. The number of anilines is 1. The molecule has 7 nitrogen and oxygen atoms in total. The molecular weight excluding hydrogens is 465 g/mol. The molecule has 4 rings (SSSR count). The van der Waals surface area contributed by atoms with Gasteiger partial charge in [0.15, 0.2) is 5.16 Å². The van der Waals surface area contributed by atoms with Gasteiger partial charge in [-0.1, -0.05) is 42.1 Å². The fourth-order valence-electron chi connectivity index (χ4n) is 3.17. The first kappa shape index (κ1) is 22.7. The molecule has 2 heterocycles. The topological polar surface area (TPSA) is 90.3 Å². The molecular formula is C23H18FN3O4S2. The zero-order valence-electron chi connectivity index (χ0n) is 17.4. The van der Waals surface area contributed by atoms with E-state index in [-0.39, 0.29) is 23.4 Å². The van der Waals surface area contributed by atoms with Crippen molar-refractivity contribution in [1.82, 2.24) is 9.55 Å². The van der Waals surface area contributed by atoms with Gasteiger partial charge >= 0.3 is 5.97 Å². The molecule has 0 aliphatic carbocycles. The summed E-state index contributed by atoms with van der Waals surface area (Å²) in [6.45, 7) is -0.0124. The number of nitrogens with zero attached hydrogens (tertiary/aromatic N) is 2. The predicted octanol–water partition coefficient (Wildman–Crippen LogP) is 4.16. The van der Waals surface area contributed by atoms with Gasteiger partial charge in [-0.25, -0.2) is 14.2 Å². The molecule has 2 aromatic carbocycles.